The van der Waals surface area contributed by atoms with Gasteiger partial charge in [0.2, 0.25) is 0 Å². The molecule has 0 spiro atoms. The minimum Gasteiger partial charge on any atom is -0.462 e. The molecule has 0 aromatic carbocycles. The van der Waals surface area contributed by atoms with Crippen LogP contribution in [0.3, 0.4) is 0 Å². The standard InChI is InChI=1S/C47H90O6/c1-5-7-9-11-13-14-15-16-17-18-19-23-27-30-34-38-45(48)51-41-44(53-47(50)40-36-32-25-12-10-8-6-2)42-52-46(49)39-35-31-28-24-21-20-22-26-29-33-37-43(3)4/h43-44H,5-42H2,1-4H3/t44-/m1/s1. The summed E-state index contributed by atoms with van der Waals surface area (Å²) in [6.07, 6.45) is 41.0. The summed E-state index contributed by atoms with van der Waals surface area (Å²) in [4.78, 5) is 37.6. The predicted octanol–water partition coefficient (Wildman–Crippen LogP) is 14.7. The van der Waals surface area contributed by atoms with Gasteiger partial charge in [-0.15, -0.1) is 0 Å². The molecule has 0 aromatic rings. The van der Waals surface area contributed by atoms with Crippen molar-refractivity contribution in [3.8, 4) is 0 Å². The lowest BCUT2D eigenvalue weighted by atomic mass is 10.0. The molecule has 314 valence electrons. The van der Waals surface area contributed by atoms with Crippen molar-refractivity contribution in [3.05, 3.63) is 0 Å². The van der Waals surface area contributed by atoms with Crippen molar-refractivity contribution in [1.82, 2.24) is 0 Å². The predicted molar refractivity (Wildman–Crippen MR) is 224 cm³/mol. The number of hydrogen-bond acceptors (Lipinski definition) is 6. The van der Waals surface area contributed by atoms with E-state index < -0.39 is 6.10 Å². The van der Waals surface area contributed by atoms with Crippen LogP contribution >= 0.6 is 0 Å². The smallest absolute Gasteiger partial charge is 0.306 e. The quantitative estimate of drug-likeness (QED) is 0.0351. The van der Waals surface area contributed by atoms with Gasteiger partial charge in [0.25, 0.3) is 0 Å². The van der Waals surface area contributed by atoms with Crippen molar-refractivity contribution in [2.75, 3.05) is 13.2 Å². The summed E-state index contributed by atoms with van der Waals surface area (Å²) in [7, 11) is 0. The van der Waals surface area contributed by atoms with Crippen LogP contribution in [-0.4, -0.2) is 37.2 Å². The van der Waals surface area contributed by atoms with Crippen molar-refractivity contribution in [2.24, 2.45) is 5.92 Å². The van der Waals surface area contributed by atoms with E-state index in [-0.39, 0.29) is 31.1 Å². The van der Waals surface area contributed by atoms with Gasteiger partial charge in [0.1, 0.15) is 13.2 Å². The van der Waals surface area contributed by atoms with E-state index in [2.05, 4.69) is 27.7 Å². The summed E-state index contributed by atoms with van der Waals surface area (Å²) < 4.78 is 16.7. The summed E-state index contributed by atoms with van der Waals surface area (Å²) in [5.74, 6) is -0.0404. The van der Waals surface area contributed by atoms with E-state index in [1.54, 1.807) is 0 Å². The van der Waals surface area contributed by atoms with Crippen LogP contribution in [0.1, 0.15) is 259 Å². The minimum absolute atomic E-state index is 0.0641. The number of carbonyl (C=O) groups excluding carboxylic acids is 3. The van der Waals surface area contributed by atoms with E-state index in [4.69, 9.17) is 14.2 Å². The first kappa shape index (κ1) is 51.4. The largest absolute Gasteiger partial charge is 0.462 e. The number of hydrogen-bond donors (Lipinski definition) is 0. The highest BCUT2D eigenvalue weighted by molar-refractivity contribution is 5.71. The minimum atomic E-state index is -0.758. The van der Waals surface area contributed by atoms with Crippen molar-refractivity contribution >= 4 is 17.9 Å². The number of ether oxygens (including phenoxy) is 3. The molecule has 0 amide bonds. The van der Waals surface area contributed by atoms with Gasteiger partial charge in [-0.2, -0.15) is 0 Å². The molecule has 0 saturated heterocycles. The monoisotopic (exact) mass is 751 g/mol. The Morgan fingerprint density at radius 3 is 0.925 bits per heavy atom. The number of unbranched alkanes of at least 4 members (excludes halogenated alkanes) is 29. The third-order valence-corrected chi connectivity index (χ3v) is 10.5. The molecule has 0 saturated carbocycles. The molecule has 0 aromatic heterocycles. The summed E-state index contributed by atoms with van der Waals surface area (Å²) in [5.41, 5.74) is 0. The summed E-state index contributed by atoms with van der Waals surface area (Å²) >= 11 is 0. The van der Waals surface area contributed by atoms with E-state index in [1.807, 2.05) is 0 Å². The highest BCUT2D eigenvalue weighted by Gasteiger charge is 2.19. The molecule has 0 aliphatic heterocycles. The Morgan fingerprint density at radius 1 is 0.358 bits per heavy atom. The maximum Gasteiger partial charge on any atom is 0.306 e. The second-order valence-electron chi connectivity index (χ2n) is 16.5. The van der Waals surface area contributed by atoms with E-state index in [0.29, 0.717) is 19.3 Å². The van der Waals surface area contributed by atoms with Gasteiger partial charge in [0, 0.05) is 19.3 Å². The molecule has 0 aliphatic rings. The van der Waals surface area contributed by atoms with Crippen LogP contribution in [0.15, 0.2) is 0 Å². The number of carbonyl (C=O) groups is 3. The van der Waals surface area contributed by atoms with Gasteiger partial charge < -0.3 is 14.2 Å². The van der Waals surface area contributed by atoms with Crippen molar-refractivity contribution in [3.63, 3.8) is 0 Å². The molecule has 6 heteroatoms. The average Bonchev–Trinajstić information content (AvgIpc) is 3.14. The van der Waals surface area contributed by atoms with Gasteiger partial charge in [-0.25, -0.2) is 0 Å². The summed E-state index contributed by atoms with van der Waals surface area (Å²) in [6.45, 7) is 8.95. The average molecular weight is 751 g/mol. The van der Waals surface area contributed by atoms with Crippen LogP contribution in [-0.2, 0) is 28.6 Å². The fourth-order valence-corrected chi connectivity index (χ4v) is 6.98. The third kappa shape index (κ3) is 41.4. The van der Waals surface area contributed by atoms with Gasteiger partial charge >= 0.3 is 17.9 Å². The van der Waals surface area contributed by atoms with Crippen molar-refractivity contribution in [2.45, 2.75) is 265 Å². The maximum atomic E-state index is 12.6. The van der Waals surface area contributed by atoms with E-state index in [0.717, 1.165) is 63.7 Å². The first-order valence-corrected chi connectivity index (χ1v) is 23.4. The van der Waals surface area contributed by atoms with Gasteiger partial charge in [0.15, 0.2) is 6.10 Å². The van der Waals surface area contributed by atoms with Crippen molar-refractivity contribution in [1.29, 1.82) is 0 Å². The Bertz CT molecular complexity index is 796. The molecule has 0 bridgehead atoms. The molecule has 0 fully saturated rings. The molecule has 0 aliphatic carbocycles. The molecule has 1 atom stereocenters. The fraction of sp³-hybridized carbons (Fsp3) is 0.936. The third-order valence-electron chi connectivity index (χ3n) is 10.5. The zero-order chi connectivity index (χ0) is 38.9. The second-order valence-corrected chi connectivity index (χ2v) is 16.5. The molecule has 6 nitrogen and oxygen atoms in total. The topological polar surface area (TPSA) is 78.9 Å². The summed E-state index contributed by atoms with van der Waals surface area (Å²) in [6, 6.07) is 0. The van der Waals surface area contributed by atoms with Crippen LogP contribution in [0, 0.1) is 5.92 Å². The number of esters is 3. The Hall–Kier alpha value is -1.59. The van der Waals surface area contributed by atoms with Crippen LogP contribution in [0.25, 0.3) is 0 Å². The van der Waals surface area contributed by atoms with Crippen LogP contribution in [0.5, 0.6) is 0 Å². The Labute approximate surface area is 329 Å². The highest BCUT2D eigenvalue weighted by Crippen LogP contribution is 2.16. The lowest BCUT2D eigenvalue weighted by Crippen LogP contribution is -2.30. The Kier molecular flexibility index (Phi) is 40.3. The molecule has 0 unspecified atom stereocenters. The van der Waals surface area contributed by atoms with Gasteiger partial charge in [-0.05, 0) is 25.2 Å². The zero-order valence-corrected chi connectivity index (χ0v) is 36.0. The zero-order valence-electron chi connectivity index (χ0n) is 36.0. The molecular formula is C47H90O6. The van der Waals surface area contributed by atoms with Crippen molar-refractivity contribution < 1.29 is 28.6 Å². The molecular weight excluding hydrogens is 661 g/mol. The Morgan fingerprint density at radius 2 is 0.623 bits per heavy atom. The van der Waals surface area contributed by atoms with Crippen LogP contribution in [0.4, 0.5) is 0 Å². The lowest BCUT2D eigenvalue weighted by molar-refractivity contribution is -0.167. The van der Waals surface area contributed by atoms with E-state index in [1.165, 1.54) is 154 Å². The number of rotatable bonds is 42. The van der Waals surface area contributed by atoms with E-state index >= 15 is 0 Å². The highest BCUT2D eigenvalue weighted by atomic mass is 16.6. The molecule has 0 heterocycles. The molecule has 0 N–H and O–H groups in total. The van der Waals surface area contributed by atoms with Gasteiger partial charge in [0.05, 0.1) is 0 Å². The summed E-state index contributed by atoms with van der Waals surface area (Å²) in [5, 5.41) is 0. The Balaban J connectivity index is 4.21. The second kappa shape index (κ2) is 41.6. The van der Waals surface area contributed by atoms with E-state index in [9.17, 15) is 14.4 Å². The first-order chi connectivity index (χ1) is 25.9. The van der Waals surface area contributed by atoms with Gasteiger partial charge in [-0.1, -0.05) is 220 Å². The maximum absolute atomic E-state index is 12.6. The molecule has 0 rings (SSSR count). The molecule has 53 heavy (non-hydrogen) atoms. The fourth-order valence-electron chi connectivity index (χ4n) is 6.98. The van der Waals surface area contributed by atoms with Gasteiger partial charge in [-0.3, -0.25) is 14.4 Å². The first-order valence-electron chi connectivity index (χ1n) is 23.4. The van der Waals surface area contributed by atoms with Crippen LogP contribution in [0.2, 0.25) is 0 Å². The van der Waals surface area contributed by atoms with Crippen LogP contribution < -0.4 is 0 Å². The normalized spacial score (nSPS) is 11.9. The molecule has 0 radical (unpaired) electrons. The SMILES string of the molecule is CCCCCCCCCCCCCCCCCC(=O)OC[C@H](COC(=O)CCCCCCCCCCCCC(C)C)OC(=O)CCCCCCCCC. The lowest BCUT2D eigenvalue weighted by Gasteiger charge is -2.18.